The van der Waals surface area contributed by atoms with Gasteiger partial charge >= 0.3 is 0 Å². The van der Waals surface area contributed by atoms with E-state index in [0.29, 0.717) is 21.8 Å². The van der Waals surface area contributed by atoms with Gasteiger partial charge in [0, 0.05) is 10.6 Å². The Morgan fingerprint density at radius 2 is 1.95 bits per heavy atom. The van der Waals surface area contributed by atoms with E-state index in [1.807, 2.05) is 32.0 Å². The van der Waals surface area contributed by atoms with Gasteiger partial charge in [-0.2, -0.15) is 5.26 Å². The Morgan fingerprint density at radius 1 is 1.20 bits per heavy atom. The standard InChI is InChI=1S/C16H13ClN2O/c1-10-3-6-14(11(2)7-10)16(20)19-15-8-13(17)5-4-12(15)9-18/h3-8H,1-2H3,(H,19,20). The highest BCUT2D eigenvalue weighted by molar-refractivity contribution is 6.31. The topological polar surface area (TPSA) is 52.9 Å². The molecular formula is C16H13ClN2O. The number of halogens is 1. The highest BCUT2D eigenvalue weighted by Gasteiger charge is 2.12. The minimum absolute atomic E-state index is 0.249. The van der Waals surface area contributed by atoms with Crippen LogP contribution in [0.5, 0.6) is 0 Å². The SMILES string of the molecule is Cc1ccc(C(=O)Nc2cc(Cl)ccc2C#N)c(C)c1. The van der Waals surface area contributed by atoms with Crippen LogP contribution in [0, 0.1) is 25.2 Å². The van der Waals surface area contributed by atoms with Crippen LogP contribution in [0.15, 0.2) is 36.4 Å². The van der Waals surface area contributed by atoms with Gasteiger partial charge in [-0.05, 0) is 43.7 Å². The van der Waals surface area contributed by atoms with Gasteiger partial charge in [0.1, 0.15) is 6.07 Å². The summed E-state index contributed by atoms with van der Waals surface area (Å²) in [6.07, 6.45) is 0. The second-order valence-electron chi connectivity index (χ2n) is 4.57. The van der Waals surface area contributed by atoms with E-state index >= 15 is 0 Å². The van der Waals surface area contributed by atoms with Gasteiger partial charge in [-0.3, -0.25) is 4.79 Å². The zero-order valence-electron chi connectivity index (χ0n) is 11.2. The molecule has 100 valence electrons. The molecule has 2 aromatic rings. The van der Waals surface area contributed by atoms with Gasteiger partial charge in [-0.1, -0.05) is 29.3 Å². The second kappa shape index (κ2) is 5.77. The van der Waals surface area contributed by atoms with Crippen molar-refractivity contribution < 1.29 is 4.79 Å². The number of carbonyl (C=O) groups excluding carboxylic acids is 1. The molecule has 20 heavy (non-hydrogen) atoms. The van der Waals surface area contributed by atoms with Crippen LogP contribution < -0.4 is 5.32 Å². The Hall–Kier alpha value is -2.31. The van der Waals surface area contributed by atoms with E-state index in [2.05, 4.69) is 5.32 Å². The minimum Gasteiger partial charge on any atom is -0.321 e. The van der Waals surface area contributed by atoms with Crippen molar-refractivity contribution in [2.45, 2.75) is 13.8 Å². The zero-order valence-corrected chi connectivity index (χ0v) is 12.0. The molecule has 0 radical (unpaired) electrons. The highest BCUT2D eigenvalue weighted by Crippen LogP contribution is 2.21. The lowest BCUT2D eigenvalue weighted by molar-refractivity contribution is 0.102. The molecule has 1 amide bonds. The van der Waals surface area contributed by atoms with Gasteiger partial charge in [0.2, 0.25) is 0 Å². The van der Waals surface area contributed by atoms with Gasteiger partial charge < -0.3 is 5.32 Å². The molecule has 0 aliphatic carbocycles. The number of hydrogen-bond donors (Lipinski definition) is 1. The molecule has 2 rings (SSSR count). The third-order valence-electron chi connectivity index (χ3n) is 2.98. The number of amides is 1. The molecule has 0 spiro atoms. The number of rotatable bonds is 2. The van der Waals surface area contributed by atoms with Crippen LogP contribution in [0.3, 0.4) is 0 Å². The van der Waals surface area contributed by atoms with Crippen LogP contribution in [0.2, 0.25) is 5.02 Å². The molecule has 0 saturated heterocycles. The summed E-state index contributed by atoms with van der Waals surface area (Å²) in [6.45, 7) is 3.85. The third kappa shape index (κ3) is 2.98. The predicted molar refractivity (Wildman–Crippen MR) is 80.0 cm³/mol. The summed E-state index contributed by atoms with van der Waals surface area (Å²) in [7, 11) is 0. The zero-order chi connectivity index (χ0) is 14.7. The molecular weight excluding hydrogens is 272 g/mol. The molecule has 0 bridgehead atoms. The highest BCUT2D eigenvalue weighted by atomic mass is 35.5. The van der Waals surface area contributed by atoms with Gasteiger partial charge in [0.15, 0.2) is 0 Å². The normalized spacial score (nSPS) is 9.90. The molecule has 0 atom stereocenters. The van der Waals surface area contributed by atoms with Crippen molar-refractivity contribution in [2.75, 3.05) is 5.32 Å². The fourth-order valence-corrected chi connectivity index (χ4v) is 2.15. The summed E-state index contributed by atoms with van der Waals surface area (Å²) >= 11 is 5.89. The summed E-state index contributed by atoms with van der Waals surface area (Å²) in [5.74, 6) is -0.249. The molecule has 0 aliphatic heterocycles. The lowest BCUT2D eigenvalue weighted by Crippen LogP contribution is -2.14. The monoisotopic (exact) mass is 284 g/mol. The molecule has 0 aromatic heterocycles. The molecule has 0 aliphatic rings. The molecule has 0 saturated carbocycles. The number of carbonyl (C=O) groups is 1. The Balaban J connectivity index is 2.33. The maximum absolute atomic E-state index is 12.3. The third-order valence-corrected chi connectivity index (χ3v) is 3.21. The summed E-state index contributed by atoms with van der Waals surface area (Å²) < 4.78 is 0. The van der Waals surface area contributed by atoms with Crippen molar-refractivity contribution >= 4 is 23.2 Å². The fourth-order valence-electron chi connectivity index (χ4n) is 1.98. The number of nitriles is 1. The van der Waals surface area contributed by atoms with Crippen LogP contribution >= 0.6 is 11.6 Å². The number of hydrogen-bond acceptors (Lipinski definition) is 2. The fraction of sp³-hybridized carbons (Fsp3) is 0.125. The molecule has 0 unspecified atom stereocenters. The Kier molecular flexibility index (Phi) is 4.07. The van der Waals surface area contributed by atoms with Crippen molar-refractivity contribution in [3.05, 3.63) is 63.7 Å². The smallest absolute Gasteiger partial charge is 0.255 e. The summed E-state index contributed by atoms with van der Waals surface area (Å²) in [4.78, 5) is 12.3. The van der Waals surface area contributed by atoms with Crippen molar-refractivity contribution in [3.63, 3.8) is 0 Å². The van der Waals surface area contributed by atoms with Crippen LogP contribution in [0.25, 0.3) is 0 Å². The van der Waals surface area contributed by atoms with Crippen molar-refractivity contribution in [3.8, 4) is 6.07 Å². The average Bonchev–Trinajstić information content (AvgIpc) is 2.38. The van der Waals surface area contributed by atoms with E-state index in [0.717, 1.165) is 11.1 Å². The molecule has 4 heteroatoms. The Morgan fingerprint density at radius 3 is 2.60 bits per heavy atom. The lowest BCUT2D eigenvalue weighted by Gasteiger charge is -2.10. The number of nitrogens with zero attached hydrogens (tertiary/aromatic N) is 1. The van der Waals surface area contributed by atoms with E-state index in [4.69, 9.17) is 16.9 Å². The maximum atomic E-state index is 12.3. The minimum atomic E-state index is -0.249. The first-order valence-electron chi connectivity index (χ1n) is 6.09. The summed E-state index contributed by atoms with van der Waals surface area (Å²) in [5.41, 5.74) is 3.37. The van der Waals surface area contributed by atoms with E-state index in [1.165, 1.54) is 0 Å². The Bertz CT molecular complexity index is 717. The van der Waals surface area contributed by atoms with Crippen molar-refractivity contribution in [1.82, 2.24) is 0 Å². The molecule has 2 aromatic carbocycles. The van der Waals surface area contributed by atoms with E-state index in [9.17, 15) is 4.79 Å². The maximum Gasteiger partial charge on any atom is 0.255 e. The first-order valence-corrected chi connectivity index (χ1v) is 6.47. The van der Waals surface area contributed by atoms with E-state index in [1.54, 1.807) is 24.3 Å². The number of nitrogens with one attached hydrogen (secondary N) is 1. The second-order valence-corrected chi connectivity index (χ2v) is 5.01. The summed E-state index contributed by atoms with van der Waals surface area (Å²) in [5, 5.41) is 12.2. The van der Waals surface area contributed by atoms with Crippen molar-refractivity contribution in [2.24, 2.45) is 0 Å². The summed E-state index contributed by atoms with van der Waals surface area (Å²) in [6, 6.07) is 12.4. The van der Waals surface area contributed by atoms with Gasteiger partial charge in [-0.25, -0.2) is 0 Å². The van der Waals surface area contributed by atoms with Crippen LogP contribution in [-0.2, 0) is 0 Å². The predicted octanol–water partition coefficient (Wildman–Crippen LogP) is 4.08. The van der Waals surface area contributed by atoms with Crippen LogP contribution in [0.1, 0.15) is 27.0 Å². The average molecular weight is 285 g/mol. The number of anilines is 1. The Labute approximate surface area is 122 Å². The molecule has 1 N–H and O–H groups in total. The van der Waals surface area contributed by atoms with E-state index in [-0.39, 0.29) is 5.91 Å². The van der Waals surface area contributed by atoms with Crippen LogP contribution in [-0.4, -0.2) is 5.91 Å². The van der Waals surface area contributed by atoms with Crippen LogP contribution in [0.4, 0.5) is 5.69 Å². The van der Waals surface area contributed by atoms with E-state index < -0.39 is 0 Å². The quantitative estimate of drug-likeness (QED) is 0.903. The van der Waals surface area contributed by atoms with Gasteiger partial charge in [0.25, 0.3) is 5.91 Å². The largest absolute Gasteiger partial charge is 0.321 e. The molecule has 0 fully saturated rings. The van der Waals surface area contributed by atoms with Gasteiger partial charge in [0.05, 0.1) is 11.3 Å². The number of aryl methyl sites for hydroxylation is 2. The first kappa shape index (κ1) is 14.1. The van der Waals surface area contributed by atoms with Crippen molar-refractivity contribution in [1.29, 1.82) is 5.26 Å². The molecule has 3 nitrogen and oxygen atoms in total. The number of benzene rings is 2. The van der Waals surface area contributed by atoms with Gasteiger partial charge in [-0.15, -0.1) is 0 Å². The molecule has 0 heterocycles. The first-order chi connectivity index (χ1) is 9.51. The lowest BCUT2D eigenvalue weighted by atomic mass is 10.0.